The van der Waals surface area contributed by atoms with Crippen LogP contribution in [0, 0.1) is 0 Å². The van der Waals surface area contributed by atoms with Crippen LogP contribution in [0.15, 0.2) is 76.5 Å². The van der Waals surface area contributed by atoms with E-state index in [1.54, 1.807) is 11.8 Å². The first kappa shape index (κ1) is 17.5. The summed E-state index contributed by atoms with van der Waals surface area (Å²) < 4.78 is 0. The van der Waals surface area contributed by atoms with Crippen LogP contribution in [0.4, 0.5) is 22.7 Å². The van der Waals surface area contributed by atoms with Crippen molar-refractivity contribution in [2.45, 2.75) is 9.79 Å². The quantitative estimate of drug-likeness (QED) is 0.679. The van der Waals surface area contributed by atoms with Crippen LogP contribution in [0.2, 0.25) is 0 Å². The number of anilines is 4. The van der Waals surface area contributed by atoms with E-state index < -0.39 is 0 Å². The molecule has 0 radical (unpaired) electrons. The Bertz CT molecular complexity index is 1000. The van der Waals surface area contributed by atoms with Crippen LogP contribution in [0.5, 0.6) is 0 Å². The Morgan fingerprint density at radius 1 is 0.926 bits per heavy atom. The van der Waals surface area contributed by atoms with E-state index in [0.717, 1.165) is 32.5 Å². The van der Waals surface area contributed by atoms with Gasteiger partial charge >= 0.3 is 0 Å². The summed E-state index contributed by atoms with van der Waals surface area (Å²) in [6.45, 7) is 0. The zero-order valence-electron chi connectivity index (χ0n) is 15.6. The summed E-state index contributed by atoms with van der Waals surface area (Å²) in [6, 6.07) is 21.8. The highest BCUT2D eigenvalue weighted by atomic mass is 32.2. The molecular formula is C22H21N3OS. The van der Waals surface area contributed by atoms with Crippen molar-refractivity contribution < 1.29 is 4.79 Å². The molecule has 0 spiro atoms. The summed E-state index contributed by atoms with van der Waals surface area (Å²) in [5, 5.41) is 3.18. The number of rotatable bonds is 3. The van der Waals surface area contributed by atoms with Crippen LogP contribution in [-0.4, -0.2) is 27.1 Å². The molecule has 0 aliphatic carbocycles. The number of amides is 1. The van der Waals surface area contributed by atoms with Gasteiger partial charge in [-0.2, -0.15) is 0 Å². The van der Waals surface area contributed by atoms with E-state index in [4.69, 9.17) is 0 Å². The van der Waals surface area contributed by atoms with Crippen molar-refractivity contribution in [3.8, 4) is 0 Å². The van der Waals surface area contributed by atoms with Gasteiger partial charge < -0.3 is 10.2 Å². The Labute approximate surface area is 163 Å². The molecule has 0 aromatic heterocycles. The van der Waals surface area contributed by atoms with Crippen molar-refractivity contribution in [2.75, 3.05) is 36.3 Å². The highest BCUT2D eigenvalue weighted by Gasteiger charge is 2.29. The third kappa shape index (κ3) is 3.15. The molecule has 0 saturated carbocycles. The number of hydrogen-bond acceptors (Lipinski definition) is 4. The lowest BCUT2D eigenvalue weighted by atomic mass is 10.1. The summed E-state index contributed by atoms with van der Waals surface area (Å²) in [5.41, 5.74) is 4.65. The van der Waals surface area contributed by atoms with Crippen LogP contribution in [0.1, 0.15) is 10.4 Å². The molecule has 5 heteroatoms. The van der Waals surface area contributed by atoms with Gasteiger partial charge in [-0.15, -0.1) is 0 Å². The van der Waals surface area contributed by atoms with E-state index in [0.29, 0.717) is 5.56 Å². The van der Waals surface area contributed by atoms with Gasteiger partial charge in [0.15, 0.2) is 0 Å². The standard InChI is InChI=1S/C22H21N3OS/c1-23-16-9-11-18-20(13-16)27-21-14-17(24(2)3)10-12-19(21)25(18)22(26)15-7-5-4-6-8-15/h4-14,23H,1-3H3. The lowest BCUT2D eigenvalue weighted by molar-refractivity contribution is 0.0998. The molecule has 3 aromatic rings. The second-order valence-electron chi connectivity index (χ2n) is 6.59. The minimum Gasteiger partial charge on any atom is -0.388 e. The van der Waals surface area contributed by atoms with E-state index in [2.05, 4.69) is 28.4 Å². The number of benzene rings is 3. The molecule has 1 heterocycles. The number of nitrogens with zero attached hydrogens (tertiary/aromatic N) is 2. The SMILES string of the molecule is CNc1ccc2c(c1)Sc1cc(N(C)C)ccc1N2C(=O)c1ccccc1. The zero-order chi connectivity index (χ0) is 19.0. The van der Waals surface area contributed by atoms with Gasteiger partial charge in [-0.3, -0.25) is 9.69 Å². The Balaban J connectivity index is 1.88. The third-order valence-corrected chi connectivity index (χ3v) is 5.73. The number of carbonyl (C=O) groups is 1. The molecule has 1 amide bonds. The van der Waals surface area contributed by atoms with Crippen LogP contribution in [0.3, 0.4) is 0 Å². The first-order valence-corrected chi connectivity index (χ1v) is 9.60. The van der Waals surface area contributed by atoms with Gasteiger partial charge in [0, 0.05) is 47.9 Å². The van der Waals surface area contributed by atoms with E-state index in [-0.39, 0.29) is 5.91 Å². The Morgan fingerprint density at radius 3 is 2.26 bits per heavy atom. The van der Waals surface area contributed by atoms with Crippen molar-refractivity contribution in [2.24, 2.45) is 0 Å². The summed E-state index contributed by atoms with van der Waals surface area (Å²) in [5.74, 6) is -0.0202. The van der Waals surface area contributed by atoms with Crippen LogP contribution < -0.4 is 15.1 Å². The van der Waals surface area contributed by atoms with Gasteiger partial charge in [-0.05, 0) is 48.5 Å². The van der Waals surface area contributed by atoms with Crippen molar-refractivity contribution in [3.63, 3.8) is 0 Å². The van der Waals surface area contributed by atoms with E-state index in [1.165, 1.54) is 0 Å². The predicted octanol–water partition coefficient (Wildman–Crippen LogP) is 5.24. The lowest BCUT2D eigenvalue weighted by Gasteiger charge is -2.32. The van der Waals surface area contributed by atoms with Crippen molar-refractivity contribution in [3.05, 3.63) is 72.3 Å². The molecule has 4 rings (SSSR count). The summed E-state index contributed by atoms with van der Waals surface area (Å²) in [7, 11) is 5.95. The Kier molecular flexibility index (Phi) is 4.54. The molecule has 0 fully saturated rings. The minimum absolute atomic E-state index is 0.0202. The van der Waals surface area contributed by atoms with E-state index >= 15 is 0 Å². The summed E-state index contributed by atoms with van der Waals surface area (Å²) in [6.07, 6.45) is 0. The maximum atomic E-state index is 13.4. The lowest BCUT2D eigenvalue weighted by Crippen LogP contribution is -2.28. The smallest absolute Gasteiger partial charge is 0.262 e. The molecule has 1 aliphatic rings. The highest BCUT2D eigenvalue weighted by Crippen LogP contribution is 2.50. The molecule has 0 saturated heterocycles. The van der Waals surface area contributed by atoms with E-state index in [1.807, 2.05) is 74.6 Å². The molecular weight excluding hydrogens is 354 g/mol. The number of fused-ring (bicyclic) bond motifs is 2. The highest BCUT2D eigenvalue weighted by molar-refractivity contribution is 7.99. The molecule has 136 valence electrons. The van der Waals surface area contributed by atoms with Gasteiger partial charge in [0.2, 0.25) is 0 Å². The van der Waals surface area contributed by atoms with Gasteiger partial charge in [0.05, 0.1) is 11.4 Å². The predicted molar refractivity (Wildman–Crippen MR) is 114 cm³/mol. The second kappa shape index (κ2) is 7.00. The van der Waals surface area contributed by atoms with Crippen molar-refractivity contribution in [1.82, 2.24) is 0 Å². The molecule has 1 N–H and O–H groups in total. The Morgan fingerprint density at radius 2 is 1.59 bits per heavy atom. The minimum atomic E-state index is -0.0202. The fourth-order valence-corrected chi connectivity index (χ4v) is 4.29. The fraction of sp³-hybridized carbons (Fsp3) is 0.136. The number of nitrogens with one attached hydrogen (secondary N) is 1. The van der Waals surface area contributed by atoms with Crippen LogP contribution in [-0.2, 0) is 0 Å². The number of hydrogen-bond donors (Lipinski definition) is 1. The fourth-order valence-electron chi connectivity index (χ4n) is 3.16. The van der Waals surface area contributed by atoms with Gasteiger partial charge in [0.1, 0.15) is 0 Å². The molecule has 27 heavy (non-hydrogen) atoms. The summed E-state index contributed by atoms with van der Waals surface area (Å²) >= 11 is 1.70. The molecule has 4 nitrogen and oxygen atoms in total. The van der Waals surface area contributed by atoms with Crippen molar-refractivity contribution >= 4 is 40.4 Å². The van der Waals surface area contributed by atoms with Crippen LogP contribution >= 0.6 is 11.8 Å². The second-order valence-corrected chi connectivity index (χ2v) is 7.67. The topological polar surface area (TPSA) is 35.6 Å². The zero-order valence-corrected chi connectivity index (χ0v) is 16.4. The number of carbonyl (C=O) groups excluding carboxylic acids is 1. The monoisotopic (exact) mass is 375 g/mol. The Hall–Kier alpha value is -2.92. The maximum Gasteiger partial charge on any atom is 0.262 e. The van der Waals surface area contributed by atoms with Gasteiger partial charge in [0.25, 0.3) is 5.91 Å². The van der Waals surface area contributed by atoms with Gasteiger partial charge in [-0.25, -0.2) is 0 Å². The molecule has 0 unspecified atom stereocenters. The normalized spacial score (nSPS) is 12.2. The first-order valence-electron chi connectivity index (χ1n) is 8.79. The maximum absolute atomic E-state index is 13.4. The molecule has 3 aromatic carbocycles. The van der Waals surface area contributed by atoms with Crippen molar-refractivity contribution in [1.29, 1.82) is 0 Å². The van der Waals surface area contributed by atoms with E-state index in [9.17, 15) is 4.79 Å². The molecule has 0 atom stereocenters. The molecule has 1 aliphatic heterocycles. The average Bonchev–Trinajstić information content (AvgIpc) is 2.71. The summed E-state index contributed by atoms with van der Waals surface area (Å²) in [4.78, 5) is 19.4. The average molecular weight is 375 g/mol. The third-order valence-electron chi connectivity index (χ3n) is 4.63. The first-order chi connectivity index (χ1) is 13.1. The van der Waals surface area contributed by atoms with Crippen LogP contribution in [0.25, 0.3) is 0 Å². The molecule has 0 bridgehead atoms. The largest absolute Gasteiger partial charge is 0.388 e. The van der Waals surface area contributed by atoms with Gasteiger partial charge in [-0.1, -0.05) is 30.0 Å².